The molecule has 0 aliphatic rings. The second-order valence-corrected chi connectivity index (χ2v) is 4.88. The normalized spacial score (nSPS) is 12.8. The van der Waals surface area contributed by atoms with Gasteiger partial charge in [0, 0.05) is 12.6 Å². The molecule has 0 aliphatic heterocycles. The lowest BCUT2D eigenvalue weighted by Gasteiger charge is -2.18. The highest BCUT2D eigenvalue weighted by atomic mass is 19.3. The molecule has 0 saturated heterocycles. The smallest absolute Gasteiger partial charge is 0.261 e. The van der Waals surface area contributed by atoms with Crippen LogP contribution in [0.3, 0.4) is 0 Å². The van der Waals surface area contributed by atoms with E-state index in [-0.39, 0.29) is 6.04 Å². The molecule has 114 valence electrons. The van der Waals surface area contributed by atoms with E-state index in [0.29, 0.717) is 6.61 Å². The highest BCUT2D eigenvalue weighted by molar-refractivity contribution is 5.23. The van der Waals surface area contributed by atoms with Crippen molar-refractivity contribution in [1.29, 1.82) is 0 Å². The van der Waals surface area contributed by atoms with E-state index in [1.54, 1.807) is 0 Å². The van der Waals surface area contributed by atoms with E-state index in [4.69, 9.17) is 4.74 Å². The molecule has 1 aromatic rings. The number of hydrogen-bond acceptors (Lipinski definition) is 2. The molecular weight excluding hydrogens is 260 g/mol. The van der Waals surface area contributed by atoms with E-state index in [0.717, 1.165) is 25.8 Å². The molecule has 0 aromatic heterocycles. The number of benzene rings is 1. The maximum Gasteiger partial charge on any atom is 0.261 e. The van der Waals surface area contributed by atoms with Gasteiger partial charge in [0.1, 0.15) is 6.61 Å². The van der Waals surface area contributed by atoms with Crippen molar-refractivity contribution in [3.63, 3.8) is 0 Å². The van der Waals surface area contributed by atoms with Gasteiger partial charge in [0.05, 0.1) is 0 Å². The van der Waals surface area contributed by atoms with Gasteiger partial charge in [-0.1, -0.05) is 38.1 Å². The molecule has 1 rings (SSSR count). The van der Waals surface area contributed by atoms with Gasteiger partial charge in [0.25, 0.3) is 6.43 Å². The lowest BCUT2D eigenvalue weighted by Crippen LogP contribution is -2.32. The van der Waals surface area contributed by atoms with Crippen molar-refractivity contribution in [2.24, 2.45) is 0 Å². The summed E-state index contributed by atoms with van der Waals surface area (Å²) < 4.78 is 28.9. The highest BCUT2D eigenvalue weighted by Crippen LogP contribution is 2.09. The fourth-order valence-electron chi connectivity index (χ4n) is 2.16. The van der Waals surface area contributed by atoms with Crippen molar-refractivity contribution in [2.45, 2.75) is 45.6 Å². The van der Waals surface area contributed by atoms with Crippen LogP contribution in [0.25, 0.3) is 0 Å². The first-order chi connectivity index (χ1) is 9.65. The van der Waals surface area contributed by atoms with Crippen molar-refractivity contribution in [3.05, 3.63) is 35.4 Å². The van der Waals surface area contributed by atoms with E-state index in [9.17, 15) is 8.78 Å². The van der Waals surface area contributed by atoms with Crippen LogP contribution in [-0.4, -0.2) is 32.2 Å². The molecule has 1 atom stereocenters. The van der Waals surface area contributed by atoms with E-state index in [2.05, 4.69) is 36.5 Å². The number of halogens is 2. The second kappa shape index (κ2) is 9.83. The monoisotopic (exact) mass is 285 g/mol. The third-order valence-corrected chi connectivity index (χ3v) is 3.26. The Bertz CT molecular complexity index is 354. The van der Waals surface area contributed by atoms with Crippen LogP contribution in [0.2, 0.25) is 0 Å². The SMILES string of the molecule is CCNC(CCOCC(F)F)Cc1ccc(CC)cc1. The summed E-state index contributed by atoms with van der Waals surface area (Å²) in [4.78, 5) is 0. The predicted molar refractivity (Wildman–Crippen MR) is 78.4 cm³/mol. The Labute approximate surface area is 120 Å². The Morgan fingerprint density at radius 3 is 2.30 bits per heavy atom. The summed E-state index contributed by atoms with van der Waals surface area (Å²) in [6.07, 6.45) is 0.304. The molecule has 0 heterocycles. The van der Waals surface area contributed by atoms with Gasteiger partial charge in [-0.3, -0.25) is 0 Å². The molecule has 1 unspecified atom stereocenters. The zero-order valence-electron chi connectivity index (χ0n) is 12.4. The van der Waals surface area contributed by atoms with Crippen molar-refractivity contribution < 1.29 is 13.5 Å². The first kappa shape index (κ1) is 17.1. The van der Waals surface area contributed by atoms with Gasteiger partial charge in [-0.05, 0) is 36.9 Å². The Kier molecular flexibility index (Phi) is 8.38. The molecular formula is C16H25F2NO. The number of aryl methyl sites for hydroxylation is 1. The fourth-order valence-corrected chi connectivity index (χ4v) is 2.16. The number of ether oxygens (including phenoxy) is 1. The first-order valence-corrected chi connectivity index (χ1v) is 7.32. The van der Waals surface area contributed by atoms with Crippen LogP contribution >= 0.6 is 0 Å². The van der Waals surface area contributed by atoms with Gasteiger partial charge >= 0.3 is 0 Å². The summed E-state index contributed by atoms with van der Waals surface area (Å²) in [6, 6.07) is 8.84. The number of rotatable bonds is 10. The molecule has 0 fully saturated rings. The van der Waals surface area contributed by atoms with Crippen LogP contribution in [-0.2, 0) is 17.6 Å². The molecule has 4 heteroatoms. The topological polar surface area (TPSA) is 21.3 Å². The zero-order valence-corrected chi connectivity index (χ0v) is 12.4. The predicted octanol–water partition coefficient (Wildman–Crippen LogP) is 3.44. The number of nitrogens with one attached hydrogen (secondary N) is 1. The maximum atomic E-state index is 12.0. The second-order valence-electron chi connectivity index (χ2n) is 4.88. The number of alkyl halides is 2. The van der Waals surface area contributed by atoms with E-state index >= 15 is 0 Å². The van der Waals surface area contributed by atoms with Crippen molar-refractivity contribution in [3.8, 4) is 0 Å². The van der Waals surface area contributed by atoms with Crippen molar-refractivity contribution in [2.75, 3.05) is 19.8 Å². The fraction of sp³-hybridized carbons (Fsp3) is 0.625. The molecule has 0 aliphatic carbocycles. The highest BCUT2D eigenvalue weighted by Gasteiger charge is 2.09. The van der Waals surface area contributed by atoms with Gasteiger partial charge in [-0.15, -0.1) is 0 Å². The summed E-state index contributed by atoms with van der Waals surface area (Å²) in [7, 11) is 0. The average molecular weight is 285 g/mol. The van der Waals surface area contributed by atoms with Crippen LogP contribution in [0.4, 0.5) is 8.78 Å². The first-order valence-electron chi connectivity index (χ1n) is 7.32. The summed E-state index contributed by atoms with van der Waals surface area (Å²) in [5, 5.41) is 3.38. The molecule has 0 radical (unpaired) electrons. The summed E-state index contributed by atoms with van der Waals surface area (Å²) in [5.74, 6) is 0. The minimum atomic E-state index is -2.38. The minimum absolute atomic E-state index is 0.269. The van der Waals surface area contributed by atoms with Crippen LogP contribution < -0.4 is 5.32 Å². The summed E-state index contributed by atoms with van der Waals surface area (Å²) >= 11 is 0. The number of hydrogen-bond donors (Lipinski definition) is 1. The maximum absolute atomic E-state index is 12.0. The van der Waals surface area contributed by atoms with Crippen LogP contribution in [0.1, 0.15) is 31.4 Å². The summed E-state index contributed by atoms with van der Waals surface area (Å²) in [6.45, 7) is 4.95. The van der Waals surface area contributed by atoms with Gasteiger partial charge in [0.15, 0.2) is 0 Å². The molecule has 0 saturated carbocycles. The quantitative estimate of drug-likeness (QED) is 0.665. The Morgan fingerprint density at radius 1 is 1.10 bits per heavy atom. The molecule has 1 N–H and O–H groups in total. The van der Waals surface area contributed by atoms with Gasteiger partial charge in [-0.25, -0.2) is 8.78 Å². The number of likely N-dealkylation sites (N-methyl/N-ethyl adjacent to an activating group) is 1. The third kappa shape index (κ3) is 6.96. The molecule has 2 nitrogen and oxygen atoms in total. The van der Waals surface area contributed by atoms with E-state index < -0.39 is 13.0 Å². The lowest BCUT2D eigenvalue weighted by atomic mass is 10.0. The van der Waals surface area contributed by atoms with Crippen LogP contribution in [0.15, 0.2) is 24.3 Å². The van der Waals surface area contributed by atoms with E-state index in [1.807, 2.05) is 6.92 Å². The van der Waals surface area contributed by atoms with Gasteiger partial charge < -0.3 is 10.1 Å². The van der Waals surface area contributed by atoms with Crippen LogP contribution in [0.5, 0.6) is 0 Å². The van der Waals surface area contributed by atoms with Crippen LogP contribution in [0, 0.1) is 0 Å². The van der Waals surface area contributed by atoms with E-state index in [1.165, 1.54) is 11.1 Å². The minimum Gasteiger partial charge on any atom is -0.375 e. The largest absolute Gasteiger partial charge is 0.375 e. The Hall–Kier alpha value is -1.00. The standard InChI is InChI=1S/C16H25F2NO/c1-3-13-5-7-14(8-6-13)11-15(19-4-2)9-10-20-12-16(17)18/h5-8,15-16,19H,3-4,9-12H2,1-2H3. The molecule has 20 heavy (non-hydrogen) atoms. The van der Waals surface area contributed by atoms with Gasteiger partial charge in [-0.2, -0.15) is 0 Å². The molecule has 0 bridgehead atoms. The third-order valence-electron chi connectivity index (χ3n) is 3.26. The lowest BCUT2D eigenvalue weighted by molar-refractivity contribution is 0.0144. The van der Waals surface area contributed by atoms with Gasteiger partial charge in [0.2, 0.25) is 0 Å². The van der Waals surface area contributed by atoms with Crippen molar-refractivity contribution in [1.82, 2.24) is 5.32 Å². The molecule has 0 spiro atoms. The Balaban J connectivity index is 2.40. The van der Waals surface area contributed by atoms with Crippen molar-refractivity contribution >= 4 is 0 Å². The average Bonchev–Trinajstić information content (AvgIpc) is 2.44. The summed E-state index contributed by atoms with van der Waals surface area (Å²) in [5.41, 5.74) is 2.59. The zero-order chi connectivity index (χ0) is 14.8. The molecule has 0 amide bonds. The Morgan fingerprint density at radius 2 is 1.75 bits per heavy atom. The molecule has 1 aromatic carbocycles.